The van der Waals surface area contributed by atoms with Gasteiger partial charge in [0.1, 0.15) is 29.4 Å². The van der Waals surface area contributed by atoms with E-state index in [4.69, 9.17) is 9.47 Å². The molecule has 3 aliphatic rings. The van der Waals surface area contributed by atoms with Crippen molar-refractivity contribution in [3.8, 4) is 5.75 Å². The molecule has 0 unspecified atom stereocenters. The molecule has 38 heavy (non-hydrogen) atoms. The summed E-state index contributed by atoms with van der Waals surface area (Å²) in [5, 5.41) is 0. The van der Waals surface area contributed by atoms with Crippen LogP contribution in [-0.4, -0.2) is 56.7 Å². The van der Waals surface area contributed by atoms with Gasteiger partial charge >= 0.3 is 5.97 Å². The number of hydrogen-bond acceptors (Lipinski definition) is 6. The van der Waals surface area contributed by atoms with Crippen LogP contribution in [0, 0.1) is 23.2 Å². The van der Waals surface area contributed by atoms with Crippen LogP contribution in [0.2, 0.25) is 0 Å². The Morgan fingerprint density at radius 3 is 2.71 bits per heavy atom. The Kier molecular flexibility index (Phi) is 7.03. The first kappa shape index (κ1) is 26.7. The maximum atomic E-state index is 14.0. The molecule has 8 nitrogen and oxygen atoms in total. The van der Waals surface area contributed by atoms with E-state index < -0.39 is 23.0 Å². The van der Waals surface area contributed by atoms with Gasteiger partial charge in [-0.2, -0.15) is 0 Å². The molecule has 6 atom stereocenters. The molecule has 0 N–H and O–H groups in total. The minimum absolute atomic E-state index is 0.00726. The molecule has 2 aromatic rings. The van der Waals surface area contributed by atoms with Crippen molar-refractivity contribution < 1.29 is 23.9 Å². The Balaban J connectivity index is 1.48. The number of hydrogen-bond donors (Lipinski definition) is 0. The van der Waals surface area contributed by atoms with Crippen molar-refractivity contribution in [2.75, 3.05) is 6.54 Å². The lowest BCUT2D eigenvalue weighted by Crippen LogP contribution is -2.46. The van der Waals surface area contributed by atoms with Crippen molar-refractivity contribution in [3.63, 3.8) is 0 Å². The lowest BCUT2D eigenvalue weighted by Gasteiger charge is -2.34. The van der Waals surface area contributed by atoms with Crippen LogP contribution in [0.25, 0.3) is 5.65 Å². The summed E-state index contributed by atoms with van der Waals surface area (Å²) in [6.07, 6.45) is 12.3. The molecule has 2 aromatic heterocycles. The van der Waals surface area contributed by atoms with Crippen LogP contribution in [0.5, 0.6) is 5.75 Å². The Morgan fingerprint density at radius 1 is 1.18 bits per heavy atom. The van der Waals surface area contributed by atoms with Gasteiger partial charge in [0.2, 0.25) is 5.91 Å². The minimum atomic E-state index is -0.612. The van der Waals surface area contributed by atoms with Gasteiger partial charge in [-0.1, -0.05) is 40.5 Å². The number of fused-ring (bicyclic) bond motifs is 5. The minimum Gasteiger partial charge on any atom is -0.488 e. The number of aryl methyl sites for hydroxylation is 1. The Hall–Kier alpha value is -2.90. The standard InChI is InChI=1S/C30H41N3O5/c1-19-23(18-34)33-17-25(19)37-24-14-26-31-11-12-32(26)16-20(24)9-7-6-8-10-21-15-30(21,5)38-27(35)13-22(28(33)36)29(2,3)4/h11-12,14,16,18-19,21-23,25H,6-10,13,15,17H2,1-5H3/t19-,21+,22+,23+,25-,30+/m0/s1. The van der Waals surface area contributed by atoms with Crippen molar-refractivity contribution in [1.29, 1.82) is 0 Å². The lowest BCUT2D eigenvalue weighted by molar-refractivity contribution is -0.158. The van der Waals surface area contributed by atoms with E-state index in [-0.39, 0.29) is 30.3 Å². The second-order valence-corrected chi connectivity index (χ2v) is 12.9. The maximum Gasteiger partial charge on any atom is 0.307 e. The third kappa shape index (κ3) is 5.19. The second kappa shape index (κ2) is 10.0. The van der Waals surface area contributed by atoms with Gasteiger partial charge in [-0.15, -0.1) is 0 Å². The highest BCUT2D eigenvalue weighted by Gasteiger charge is 2.54. The fourth-order valence-corrected chi connectivity index (χ4v) is 6.29. The highest BCUT2D eigenvalue weighted by atomic mass is 16.6. The number of rotatable bonds is 1. The quantitative estimate of drug-likeness (QED) is 0.400. The molecule has 1 saturated carbocycles. The summed E-state index contributed by atoms with van der Waals surface area (Å²) in [5.41, 5.74) is 1.000. The number of carbonyl (C=O) groups is 3. The van der Waals surface area contributed by atoms with Crippen molar-refractivity contribution in [3.05, 3.63) is 30.2 Å². The molecule has 1 saturated heterocycles. The average Bonchev–Trinajstić information content (AvgIpc) is 3.14. The zero-order valence-electron chi connectivity index (χ0n) is 23.3. The van der Waals surface area contributed by atoms with Crippen molar-refractivity contribution in [2.24, 2.45) is 23.2 Å². The van der Waals surface area contributed by atoms with Gasteiger partial charge in [0, 0.05) is 42.1 Å². The number of carbonyl (C=O) groups excluding carboxylic acids is 3. The van der Waals surface area contributed by atoms with Crippen LogP contribution in [0.3, 0.4) is 0 Å². The van der Waals surface area contributed by atoms with Gasteiger partial charge in [-0.3, -0.25) is 9.59 Å². The lowest BCUT2D eigenvalue weighted by atomic mass is 9.77. The number of aldehydes is 1. The van der Waals surface area contributed by atoms with Crippen LogP contribution >= 0.6 is 0 Å². The fraction of sp³-hybridized carbons (Fsp3) is 0.667. The molecule has 0 radical (unpaired) electrons. The maximum absolute atomic E-state index is 14.0. The van der Waals surface area contributed by atoms with Gasteiger partial charge in [0.25, 0.3) is 0 Å². The molecule has 8 heteroatoms. The van der Waals surface area contributed by atoms with E-state index in [1.165, 1.54) is 0 Å². The molecule has 2 fully saturated rings. The monoisotopic (exact) mass is 523 g/mol. The molecule has 0 spiro atoms. The van der Waals surface area contributed by atoms with E-state index in [0.717, 1.165) is 61.8 Å². The normalized spacial score (nSPS) is 33.0. The Bertz CT molecular complexity index is 1220. The highest BCUT2D eigenvalue weighted by molar-refractivity contribution is 5.87. The molecule has 1 amide bonds. The molecule has 0 aromatic carbocycles. The van der Waals surface area contributed by atoms with E-state index in [0.29, 0.717) is 12.5 Å². The number of pyridine rings is 1. The molecule has 2 bridgehead atoms. The summed E-state index contributed by atoms with van der Waals surface area (Å²) in [6.45, 7) is 10.2. The topological polar surface area (TPSA) is 90.2 Å². The smallest absolute Gasteiger partial charge is 0.307 e. The van der Waals surface area contributed by atoms with Gasteiger partial charge in [-0.05, 0) is 38.0 Å². The summed E-state index contributed by atoms with van der Waals surface area (Å²) in [6, 6.07) is 1.35. The summed E-state index contributed by atoms with van der Waals surface area (Å²) in [5.74, 6) is -0.168. The van der Waals surface area contributed by atoms with Gasteiger partial charge in [-0.25, -0.2) is 4.98 Å². The van der Waals surface area contributed by atoms with Gasteiger partial charge < -0.3 is 23.6 Å². The summed E-state index contributed by atoms with van der Waals surface area (Å²) in [4.78, 5) is 45.3. The van der Waals surface area contributed by atoms with E-state index in [2.05, 4.69) is 11.2 Å². The number of aromatic nitrogens is 2. The first-order chi connectivity index (χ1) is 18.0. The van der Waals surface area contributed by atoms with E-state index >= 15 is 0 Å². The first-order valence-corrected chi connectivity index (χ1v) is 14.1. The highest BCUT2D eigenvalue weighted by Crippen LogP contribution is 2.50. The fourth-order valence-electron chi connectivity index (χ4n) is 6.29. The van der Waals surface area contributed by atoms with Gasteiger partial charge in [0.05, 0.1) is 24.9 Å². The molecule has 1 aliphatic carbocycles. The van der Waals surface area contributed by atoms with E-state index in [1.54, 1.807) is 11.1 Å². The Labute approximate surface area is 225 Å². The van der Waals surface area contributed by atoms with Gasteiger partial charge in [0.15, 0.2) is 0 Å². The number of ether oxygens (including phenoxy) is 2. The molecule has 5 rings (SSSR count). The van der Waals surface area contributed by atoms with E-state index in [9.17, 15) is 14.4 Å². The molecule has 206 valence electrons. The predicted octanol–water partition coefficient (Wildman–Crippen LogP) is 4.62. The van der Waals surface area contributed by atoms with Crippen LogP contribution in [0.4, 0.5) is 0 Å². The van der Waals surface area contributed by atoms with Crippen molar-refractivity contribution in [2.45, 2.75) is 97.3 Å². The largest absolute Gasteiger partial charge is 0.488 e. The zero-order valence-corrected chi connectivity index (χ0v) is 23.3. The van der Waals surface area contributed by atoms with E-state index in [1.807, 2.05) is 51.3 Å². The predicted molar refractivity (Wildman–Crippen MR) is 143 cm³/mol. The number of nitrogens with zero attached hydrogens (tertiary/aromatic N) is 3. The average molecular weight is 524 g/mol. The van der Waals surface area contributed by atoms with Crippen LogP contribution in [0.15, 0.2) is 24.7 Å². The second-order valence-electron chi connectivity index (χ2n) is 12.9. The summed E-state index contributed by atoms with van der Waals surface area (Å²) < 4.78 is 14.5. The number of esters is 1. The third-order valence-corrected chi connectivity index (χ3v) is 9.05. The first-order valence-electron chi connectivity index (χ1n) is 14.1. The SMILES string of the molecule is C[C@@H]1[C@@H]2CN(C(=O)[C@H](C(C)(C)C)CC(=O)O[C@]3(C)C[C@H]3CCCCCc3cn4ccnc4cc3O2)[C@@H]1C=O. The summed E-state index contributed by atoms with van der Waals surface area (Å²) in [7, 11) is 0. The Morgan fingerprint density at radius 2 is 1.97 bits per heavy atom. The zero-order chi connectivity index (χ0) is 27.2. The van der Waals surface area contributed by atoms with Crippen LogP contribution in [0.1, 0.15) is 78.7 Å². The third-order valence-electron chi connectivity index (χ3n) is 9.05. The molecular weight excluding hydrogens is 482 g/mol. The summed E-state index contributed by atoms with van der Waals surface area (Å²) >= 11 is 0. The van der Waals surface area contributed by atoms with Crippen LogP contribution < -0.4 is 4.74 Å². The van der Waals surface area contributed by atoms with Crippen LogP contribution in [-0.2, 0) is 25.5 Å². The van der Waals surface area contributed by atoms with Crippen molar-refractivity contribution in [1.82, 2.24) is 14.3 Å². The number of imidazole rings is 1. The number of amides is 1. The molecular formula is C30H41N3O5. The molecule has 2 aliphatic heterocycles. The molecule has 4 heterocycles. The van der Waals surface area contributed by atoms with Crippen molar-refractivity contribution >= 4 is 23.8 Å².